The molecule has 0 heterocycles. The minimum atomic E-state index is -1.16. The molecule has 4 fully saturated rings. The van der Waals surface area contributed by atoms with Crippen LogP contribution in [0.4, 0.5) is 0 Å². The van der Waals surface area contributed by atoms with Gasteiger partial charge in [-0.1, -0.05) is 13.8 Å². The third-order valence-electron chi connectivity index (χ3n) is 9.58. The molecule has 0 aliphatic heterocycles. The minimum absolute atomic E-state index is 0.0325. The summed E-state index contributed by atoms with van der Waals surface area (Å²) < 4.78 is 0. The van der Waals surface area contributed by atoms with Crippen LogP contribution in [0.3, 0.4) is 0 Å². The first-order valence-electron chi connectivity index (χ1n) is 10.00. The van der Waals surface area contributed by atoms with Crippen molar-refractivity contribution in [3.05, 3.63) is 0 Å². The summed E-state index contributed by atoms with van der Waals surface area (Å²) >= 11 is 0. The van der Waals surface area contributed by atoms with Gasteiger partial charge in [0.05, 0.1) is 31.0 Å². The van der Waals surface area contributed by atoms with Crippen molar-refractivity contribution in [2.45, 2.75) is 76.6 Å². The fourth-order valence-electron chi connectivity index (χ4n) is 8.07. The molecule has 0 aromatic rings. The van der Waals surface area contributed by atoms with Crippen LogP contribution in [-0.4, -0.2) is 56.6 Å². The molecule has 9 atom stereocenters. The Hall–Kier alpha value is -0.200. The summed E-state index contributed by atoms with van der Waals surface area (Å²) in [5.74, 6) is 0.255. The van der Waals surface area contributed by atoms with E-state index in [4.69, 9.17) is 0 Å². The van der Waals surface area contributed by atoms with E-state index in [1.165, 1.54) is 0 Å². The molecule has 4 aliphatic rings. The van der Waals surface area contributed by atoms with Gasteiger partial charge >= 0.3 is 0 Å². The molecule has 0 radical (unpaired) electrons. The summed E-state index contributed by atoms with van der Waals surface area (Å²) in [6.45, 7) is 3.95. The zero-order valence-corrected chi connectivity index (χ0v) is 15.5. The van der Waals surface area contributed by atoms with Gasteiger partial charge in [-0.05, 0) is 62.2 Å². The summed E-state index contributed by atoms with van der Waals surface area (Å²) in [7, 11) is 0. The van der Waals surface area contributed by atoms with E-state index in [1.54, 1.807) is 0 Å². The Morgan fingerprint density at radius 3 is 2.28 bits per heavy atom. The van der Waals surface area contributed by atoms with Gasteiger partial charge < -0.3 is 25.5 Å². The highest BCUT2D eigenvalue weighted by atomic mass is 16.3. The van der Waals surface area contributed by atoms with Gasteiger partial charge in [-0.15, -0.1) is 0 Å². The monoisotopic (exact) mass is 354 g/mol. The minimum Gasteiger partial charge on any atom is -0.396 e. The van der Waals surface area contributed by atoms with Gasteiger partial charge in [-0.2, -0.15) is 0 Å². The van der Waals surface area contributed by atoms with Crippen molar-refractivity contribution in [2.24, 2.45) is 34.0 Å². The van der Waals surface area contributed by atoms with Crippen molar-refractivity contribution in [3.63, 3.8) is 0 Å². The van der Waals surface area contributed by atoms with Crippen molar-refractivity contribution < 1.29 is 25.5 Å². The summed E-state index contributed by atoms with van der Waals surface area (Å²) in [4.78, 5) is 0. The molecule has 5 N–H and O–H groups in total. The third kappa shape index (κ3) is 1.92. The van der Waals surface area contributed by atoms with Crippen molar-refractivity contribution in [1.29, 1.82) is 0 Å². The highest BCUT2D eigenvalue weighted by Gasteiger charge is 2.74. The highest BCUT2D eigenvalue weighted by molar-refractivity contribution is 5.22. The van der Waals surface area contributed by atoms with Crippen LogP contribution in [0.5, 0.6) is 0 Å². The van der Waals surface area contributed by atoms with Crippen molar-refractivity contribution in [1.82, 2.24) is 0 Å². The maximum atomic E-state index is 11.4. The maximum absolute atomic E-state index is 11.4. The highest BCUT2D eigenvalue weighted by Crippen LogP contribution is 2.75. The lowest BCUT2D eigenvalue weighted by Gasteiger charge is -2.67. The topological polar surface area (TPSA) is 101 Å². The van der Waals surface area contributed by atoms with E-state index in [0.717, 1.165) is 32.1 Å². The lowest BCUT2D eigenvalue weighted by molar-refractivity contribution is -0.249. The molecule has 4 rings (SSSR count). The van der Waals surface area contributed by atoms with Crippen LogP contribution in [0, 0.1) is 34.0 Å². The number of fused-ring (bicyclic) bond motifs is 2. The molecule has 5 heteroatoms. The van der Waals surface area contributed by atoms with Gasteiger partial charge in [0, 0.05) is 16.7 Å². The molecule has 144 valence electrons. The van der Waals surface area contributed by atoms with Crippen molar-refractivity contribution >= 4 is 0 Å². The number of aliphatic hydroxyl groups is 5. The summed E-state index contributed by atoms with van der Waals surface area (Å²) in [6, 6.07) is 0. The molecular formula is C20H34O5. The maximum Gasteiger partial charge on any atom is 0.0930 e. The van der Waals surface area contributed by atoms with Crippen LogP contribution in [-0.2, 0) is 0 Å². The lowest BCUT2D eigenvalue weighted by Crippen LogP contribution is -2.67. The molecule has 1 spiro atoms. The first-order valence-corrected chi connectivity index (χ1v) is 10.00. The van der Waals surface area contributed by atoms with Gasteiger partial charge in [0.1, 0.15) is 0 Å². The number of hydrogen-bond acceptors (Lipinski definition) is 5. The fraction of sp³-hybridized carbons (Fsp3) is 1.00. The lowest BCUT2D eigenvalue weighted by atomic mass is 9.38. The van der Waals surface area contributed by atoms with E-state index in [0.29, 0.717) is 18.8 Å². The molecule has 0 unspecified atom stereocenters. The summed E-state index contributed by atoms with van der Waals surface area (Å²) in [5.41, 5.74) is -2.12. The van der Waals surface area contributed by atoms with Crippen LogP contribution >= 0.6 is 0 Å². The SMILES string of the molecule is C[C@@]1(CO)[C@H](O)CC[C@@]2(C)[C@H]1CC[C@H]1C[C@@H]3[C@H](O)[C@@]12CC[C@]3(O)CO. The number of hydrogen-bond donors (Lipinski definition) is 5. The Bertz CT molecular complexity index is 554. The Balaban J connectivity index is 1.80. The smallest absolute Gasteiger partial charge is 0.0930 e. The fourth-order valence-corrected chi connectivity index (χ4v) is 8.07. The van der Waals surface area contributed by atoms with Crippen molar-refractivity contribution in [2.75, 3.05) is 13.2 Å². The van der Waals surface area contributed by atoms with Gasteiger partial charge in [-0.3, -0.25) is 0 Å². The second-order valence-corrected chi connectivity index (χ2v) is 10.1. The Kier molecular flexibility index (Phi) is 3.94. The first-order chi connectivity index (χ1) is 11.7. The van der Waals surface area contributed by atoms with Crippen LogP contribution in [0.2, 0.25) is 0 Å². The Morgan fingerprint density at radius 2 is 1.64 bits per heavy atom. The van der Waals surface area contributed by atoms with E-state index in [9.17, 15) is 25.5 Å². The number of rotatable bonds is 2. The Morgan fingerprint density at radius 1 is 0.920 bits per heavy atom. The van der Waals surface area contributed by atoms with Gasteiger partial charge in [0.2, 0.25) is 0 Å². The van der Waals surface area contributed by atoms with Gasteiger partial charge in [0.25, 0.3) is 0 Å². The zero-order chi connectivity index (χ0) is 18.3. The molecule has 2 bridgehead atoms. The van der Waals surface area contributed by atoms with E-state index >= 15 is 0 Å². The molecule has 4 aliphatic carbocycles. The predicted octanol–water partition coefficient (Wildman–Crippen LogP) is 1.06. The van der Waals surface area contributed by atoms with Crippen LogP contribution < -0.4 is 0 Å². The average molecular weight is 354 g/mol. The second kappa shape index (κ2) is 5.41. The zero-order valence-electron chi connectivity index (χ0n) is 15.5. The van der Waals surface area contributed by atoms with Crippen LogP contribution in [0.25, 0.3) is 0 Å². The van der Waals surface area contributed by atoms with Crippen LogP contribution in [0.15, 0.2) is 0 Å². The van der Waals surface area contributed by atoms with Crippen LogP contribution in [0.1, 0.15) is 58.8 Å². The first kappa shape index (κ1) is 18.2. The quantitative estimate of drug-likeness (QED) is 0.510. The molecule has 0 saturated heterocycles. The normalized spacial score (nSPS) is 60.8. The summed E-state index contributed by atoms with van der Waals surface area (Å²) in [5, 5.41) is 52.7. The molecule has 0 aromatic carbocycles. The predicted molar refractivity (Wildman–Crippen MR) is 92.6 cm³/mol. The second-order valence-electron chi connectivity index (χ2n) is 10.1. The van der Waals surface area contributed by atoms with E-state index < -0.39 is 23.2 Å². The van der Waals surface area contributed by atoms with Crippen molar-refractivity contribution in [3.8, 4) is 0 Å². The summed E-state index contributed by atoms with van der Waals surface area (Å²) in [6.07, 6.45) is 4.33. The molecule has 0 aromatic heterocycles. The van der Waals surface area contributed by atoms with E-state index in [-0.39, 0.29) is 35.9 Å². The van der Waals surface area contributed by atoms with E-state index in [2.05, 4.69) is 6.92 Å². The largest absolute Gasteiger partial charge is 0.396 e. The molecule has 4 saturated carbocycles. The Labute approximate surface area is 150 Å². The third-order valence-corrected chi connectivity index (χ3v) is 9.58. The van der Waals surface area contributed by atoms with Gasteiger partial charge in [0.15, 0.2) is 0 Å². The molecular weight excluding hydrogens is 320 g/mol. The molecule has 5 nitrogen and oxygen atoms in total. The standard InChI is InChI=1S/C20H34O5/c1-17(10-21)14-4-3-12-9-13-16(24)20(12,8-7-19(13,25)11-22)18(14,2)6-5-15(17)23/h12-16,21-25H,3-11H2,1-2H3/t12-,13+,14-,15+,16-,17-,18-,19-,20+/m0/s1. The number of aliphatic hydroxyl groups excluding tert-OH is 4. The van der Waals surface area contributed by atoms with E-state index in [1.807, 2.05) is 6.92 Å². The average Bonchev–Trinajstić information content (AvgIpc) is 2.82. The van der Waals surface area contributed by atoms with Gasteiger partial charge in [-0.25, -0.2) is 0 Å². The molecule has 0 amide bonds. The molecule has 25 heavy (non-hydrogen) atoms.